The Balaban J connectivity index is 1.02. The lowest BCUT2D eigenvalue weighted by molar-refractivity contribution is -0.145. The van der Waals surface area contributed by atoms with Crippen molar-refractivity contribution in [3.63, 3.8) is 0 Å². The van der Waals surface area contributed by atoms with E-state index < -0.39 is 12.1 Å². The van der Waals surface area contributed by atoms with Gasteiger partial charge in [0.15, 0.2) is 6.10 Å². The standard InChI is InChI=1S/C33H39ClN2O4/c1-33(2,3)24-8-14-27(15-9-24)40-30(32(37)38)18-22-6-12-26(13-7-22)39-17-16-36-20-28-29(21-36)31(28)35-19-23-4-10-25(34)11-5-23/h4-15,28-31,35H,16-21H2,1-3H3,(H,37,38)/t28-,29?,30-,31?/m0/s1. The molecule has 1 heterocycles. The van der Waals surface area contributed by atoms with Crippen LogP contribution in [0, 0.1) is 11.8 Å². The van der Waals surface area contributed by atoms with Gasteiger partial charge in [-0.15, -0.1) is 0 Å². The first-order chi connectivity index (χ1) is 19.2. The molecule has 0 aromatic heterocycles. The number of carboxylic acids is 1. The van der Waals surface area contributed by atoms with Gasteiger partial charge in [0.1, 0.15) is 18.1 Å². The van der Waals surface area contributed by atoms with Gasteiger partial charge >= 0.3 is 5.97 Å². The van der Waals surface area contributed by atoms with Gasteiger partial charge in [0.05, 0.1) is 0 Å². The maximum Gasteiger partial charge on any atom is 0.345 e. The van der Waals surface area contributed by atoms with Crippen LogP contribution in [0.15, 0.2) is 72.8 Å². The Morgan fingerprint density at radius 3 is 2.15 bits per heavy atom. The van der Waals surface area contributed by atoms with Gasteiger partial charge in [-0.25, -0.2) is 4.79 Å². The monoisotopic (exact) mass is 562 g/mol. The summed E-state index contributed by atoms with van der Waals surface area (Å²) in [6.45, 7) is 11.1. The summed E-state index contributed by atoms with van der Waals surface area (Å²) >= 11 is 5.97. The first-order valence-corrected chi connectivity index (χ1v) is 14.5. The predicted octanol–water partition coefficient (Wildman–Crippen LogP) is 5.81. The molecule has 1 saturated carbocycles. The van der Waals surface area contributed by atoms with Crippen LogP contribution in [0.5, 0.6) is 11.5 Å². The molecule has 6 nitrogen and oxygen atoms in total. The number of hydrogen-bond acceptors (Lipinski definition) is 5. The number of nitrogens with zero attached hydrogens (tertiary/aromatic N) is 1. The van der Waals surface area contributed by atoms with Gasteiger partial charge in [-0.1, -0.05) is 68.8 Å². The summed E-state index contributed by atoms with van der Waals surface area (Å²) < 4.78 is 11.8. The highest BCUT2D eigenvalue weighted by molar-refractivity contribution is 6.30. The molecule has 0 amide bonds. The average Bonchev–Trinajstić information content (AvgIpc) is 3.38. The number of halogens is 1. The third kappa shape index (κ3) is 7.36. The van der Waals surface area contributed by atoms with E-state index in [0.29, 0.717) is 18.4 Å². The fourth-order valence-electron chi connectivity index (χ4n) is 5.54. The number of rotatable bonds is 12. The number of piperidine rings is 1. The van der Waals surface area contributed by atoms with E-state index in [0.717, 1.165) is 54.4 Å². The average molecular weight is 563 g/mol. The van der Waals surface area contributed by atoms with Crippen molar-refractivity contribution in [1.82, 2.24) is 10.2 Å². The summed E-state index contributed by atoms with van der Waals surface area (Å²) in [4.78, 5) is 14.3. The Kier molecular flexibility index (Phi) is 8.69. The molecule has 0 radical (unpaired) electrons. The maximum atomic E-state index is 11.9. The number of hydrogen-bond donors (Lipinski definition) is 2. The van der Waals surface area contributed by atoms with Crippen LogP contribution in [0.3, 0.4) is 0 Å². The van der Waals surface area contributed by atoms with E-state index >= 15 is 0 Å². The van der Waals surface area contributed by atoms with Crippen molar-refractivity contribution in [3.05, 3.63) is 94.5 Å². The van der Waals surface area contributed by atoms with Crippen LogP contribution < -0.4 is 14.8 Å². The van der Waals surface area contributed by atoms with E-state index in [2.05, 4.69) is 43.1 Å². The quantitative estimate of drug-likeness (QED) is 0.290. The van der Waals surface area contributed by atoms with Crippen molar-refractivity contribution in [2.24, 2.45) is 11.8 Å². The lowest BCUT2D eigenvalue weighted by atomic mass is 9.87. The number of benzene rings is 3. The SMILES string of the molecule is CC(C)(C)c1ccc(O[C@@H](Cc2ccc(OCCN3CC4C(NCc5ccc(Cl)cc5)[C@H]4C3)cc2)C(=O)O)cc1. The first kappa shape index (κ1) is 28.5. The van der Waals surface area contributed by atoms with Gasteiger partial charge in [0.25, 0.3) is 0 Å². The minimum Gasteiger partial charge on any atom is -0.492 e. The second kappa shape index (κ2) is 12.2. The van der Waals surface area contributed by atoms with Crippen LogP contribution in [0.1, 0.15) is 37.5 Å². The zero-order valence-electron chi connectivity index (χ0n) is 23.5. The summed E-state index contributed by atoms with van der Waals surface area (Å²) in [6.07, 6.45) is -0.682. The molecule has 2 fully saturated rings. The molecule has 1 aliphatic carbocycles. The van der Waals surface area contributed by atoms with E-state index in [1.807, 2.05) is 60.7 Å². The highest BCUT2D eigenvalue weighted by Crippen LogP contribution is 2.45. The lowest BCUT2D eigenvalue weighted by Gasteiger charge is -2.20. The Bertz CT molecular complexity index is 1260. The van der Waals surface area contributed by atoms with Crippen LogP contribution in [-0.4, -0.2) is 54.4 Å². The fraction of sp³-hybridized carbons (Fsp3) is 0.424. The molecular weight excluding hydrogens is 524 g/mol. The van der Waals surface area contributed by atoms with Gasteiger partial charge in [0.2, 0.25) is 0 Å². The van der Waals surface area contributed by atoms with Crippen molar-refractivity contribution in [1.29, 1.82) is 0 Å². The summed E-state index contributed by atoms with van der Waals surface area (Å²) in [6, 6.07) is 24.0. The molecule has 2 aliphatic rings. The Morgan fingerprint density at radius 2 is 1.55 bits per heavy atom. The number of carbonyl (C=O) groups is 1. The normalized spacial score (nSPS) is 21.1. The predicted molar refractivity (Wildman–Crippen MR) is 158 cm³/mol. The summed E-state index contributed by atoms with van der Waals surface area (Å²) in [5.41, 5.74) is 3.36. The van der Waals surface area contributed by atoms with Crippen LogP contribution in [-0.2, 0) is 23.2 Å². The van der Waals surface area contributed by atoms with E-state index in [-0.39, 0.29) is 11.8 Å². The van der Waals surface area contributed by atoms with Crippen LogP contribution >= 0.6 is 11.6 Å². The second-order valence-corrected chi connectivity index (χ2v) is 12.5. The van der Waals surface area contributed by atoms with Crippen molar-refractivity contribution in [3.8, 4) is 11.5 Å². The van der Waals surface area contributed by atoms with Crippen molar-refractivity contribution in [2.75, 3.05) is 26.2 Å². The molecule has 0 spiro atoms. The summed E-state index contributed by atoms with van der Waals surface area (Å²) in [5.74, 6) is 1.83. The minimum absolute atomic E-state index is 0.0306. The van der Waals surface area contributed by atoms with Gasteiger partial charge in [-0.2, -0.15) is 0 Å². The smallest absolute Gasteiger partial charge is 0.345 e. The number of aliphatic carboxylic acids is 1. The molecule has 4 atom stereocenters. The lowest BCUT2D eigenvalue weighted by Crippen LogP contribution is -2.33. The van der Waals surface area contributed by atoms with Gasteiger partial charge in [-0.3, -0.25) is 4.90 Å². The topological polar surface area (TPSA) is 71.0 Å². The Hall–Kier alpha value is -3.06. The number of fused-ring (bicyclic) bond motifs is 1. The van der Waals surface area contributed by atoms with Crippen LogP contribution in [0.2, 0.25) is 5.02 Å². The van der Waals surface area contributed by atoms with Crippen molar-refractivity contribution >= 4 is 17.6 Å². The molecule has 1 saturated heterocycles. The Morgan fingerprint density at radius 1 is 0.950 bits per heavy atom. The molecule has 5 rings (SSSR count). The summed E-state index contributed by atoms with van der Waals surface area (Å²) in [7, 11) is 0. The summed E-state index contributed by atoms with van der Waals surface area (Å²) in [5, 5.41) is 14.2. The minimum atomic E-state index is -0.980. The molecular formula is C33H39ClN2O4. The third-order valence-electron chi connectivity index (χ3n) is 8.02. The van der Waals surface area contributed by atoms with Gasteiger partial charge in [0, 0.05) is 43.7 Å². The third-order valence-corrected chi connectivity index (χ3v) is 8.27. The van der Waals surface area contributed by atoms with Gasteiger partial charge in [-0.05, 0) is 70.3 Å². The maximum absolute atomic E-state index is 11.9. The fourth-order valence-corrected chi connectivity index (χ4v) is 5.67. The number of ether oxygens (including phenoxy) is 2. The molecule has 7 heteroatoms. The van der Waals surface area contributed by atoms with Crippen molar-refractivity contribution in [2.45, 2.75) is 51.3 Å². The number of likely N-dealkylation sites (tertiary alicyclic amines) is 1. The zero-order chi connectivity index (χ0) is 28.3. The van der Waals surface area contributed by atoms with Gasteiger partial charge < -0.3 is 19.9 Å². The largest absolute Gasteiger partial charge is 0.492 e. The molecule has 212 valence electrons. The second-order valence-electron chi connectivity index (χ2n) is 12.0. The number of nitrogens with one attached hydrogen (secondary N) is 1. The van der Waals surface area contributed by atoms with E-state index in [9.17, 15) is 9.90 Å². The molecule has 1 aliphatic heterocycles. The zero-order valence-corrected chi connectivity index (χ0v) is 24.2. The highest BCUT2D eigenvalue weighted by Gasteiger charge is 2.55. The molecule has 40 heavy (non-hydrogen) atoms. The van der Waals surface area contributed by atoms with Crippen molar-refractivity contribution < 1.29 is 19.4 Å². The number of carboxylic acid groups (broad SMARTS) is 1. The molecule has 2 unspecified atom stereocenters. The van der Waals surface area contributed by atoms with E-state index in [1.165, 1.54) is 11.1 Å². The Labute approximate surface area is 242 Å². The molecule has 2 N–H and O–H groups in total. The molecule has 3 aromatic rings. The molecule has 0 bridgehead atoms. The first-order valence-electron chi connectivity index (χ1n) is 14.1. The van der Waals surface area contributed by atoms with E-state index in [4.69, 9.17) is 21.1 Å². The highest BCUT2D eigenvalue weighted by atomic mass is 35.5. The molecule has 3 aromatic carbocycles. The van der Waals surface area contributed by atoms with Crippen LogP contribution in [0.25, 0.3) is 0 Å². The van der Waals surface area contributed by atoms with Crippen LogP contribution in [0.4, 0.5) is 0 Å². The van der Waals surface area contributed by atoms with E-state index in [1.54, 1.807) is 0 Å².